The number of halogens is 1. The van der Waals surface area contributed by atoms with E-state index in [0.717, 1.165) is 16.5 Å². The number of carboxylic acids is 1. The Bertz CT molecular complexity index is 601. The zero-order valence-electron chi connectivity index (χ0n) is 10.9. The summed E-state index contributed by atoms with van der Waals surface area (Å²) in [4.78, 5) is 15.1. The van der Waals surface area contributed by atoms with Crippen LogP contribution in [-0.4, -0.2) is 36.3 Å². The molecule has 8 heteroatoms. The van der Waals surface area contributed by atoms with Gasteiger partial charge in [-0.25, -0.2) is 4.68 Å². The number of aromatic nitrogens is 5. The molecule has 0 saturated heterocycles. The second-order valence-electron chi connectivity index (χ2n) is 4.38. The van der Waals surface area contributed by atoms with Crippen LogP contribution in [-0.2, 0) is 4.79 Å². The molecule has 0 spiro atoms. The maximum atomic E-state index is 11.0. The zero-order valence-corrected chi connectivity index (χ0v) is 12.5. The van der Waals surface area contributed by atoms with Gasteiger partial charge in [-0.3, -0.25) is 9.78 Å². The van der Waals surface area contributed by atoms with Crippen LogP contribution in [0.25, 0.3) is 11.4 Å². The standard InChI is InChI=1S/C12H14BrN5O2/c1-2-3-10(5-11(19)20)18-12(15-16-17-18)8-4-9(13)7-14-6-8/h4,6-7,10H,2-3,5H2,1H3,(H,19,20). The fraction of sp³-hybridized carbons (Fsp3) is 0.417. The van der Waals surface area contributed by atoms with Crippen LogP contribution in [0.5, 0.6) is 0 Å². The summed E-state index contributed by atoms with van der Waals surface area (Å²) in [6.07, 6.45) is 4.86. The molecule has 0 aliphatic heterocycles. The van der Waals surface area contributed by atoms with E-state index in [9.17, 15) is 4.79 Å². The minimum absolute atomic E-state index is 0.00664. The van der Waals surface area contributed by atoms with Gasteiger partial charge in [0.25, 0.3) is 0 Å². The number of nitrogens with zero attached hydrogens (tertiary/aromatic N) is 5. The third kappa shape index (κ3) is 3.38. The number of pyridine rings is 1. The number of carbonyl (C=O) groups is 1. The normalized spacial score (nSPS) is 12.3. The first-order valence-corrected chi connectivity index (χ1v) is 7.01. The smallest absolute Gasteiger partial charge is 0.305 e. The van der Waals surface area contributed by atoms with E-state index >= 15 is 0 Å². The molecule has 0 aromatic carbocycles. The first kappa shape index (κ1) is 14.6. The monoisotopic (exact) mass is 339 g/mol. The molecule has 1 atom stereocenters. The van der Waals surface area contributed by atoms with E-state index in [1.807, 2.05) is 13.0 Å². The number of hydrogen-bond acceptors (Lipinski definition) is 5. The second kappa shape index (κ2) is 6.56. The third-order valence-corrected chi connectivity index (χ3v) is 3.27. The lowest BCUT2D eigenvalue weighted by atomic mass is 10.1. The fourth-order valence-electron chi connectivity index (χ4n) is 2.01. The Morgan fingerprint density at radius 2 is 2.30 bits per heavy atom. The van der Waals surface area contributed by atoms with Gasteiger partial charge in [-0.1, -0.05) is 13.3 Å². The van der Waals surface area contributed by atoms with E-state index in [1.54, 1.807) is 17.1 Å². The molecule has 106 valence electrons. The molecule has 0 amide bonds. The average molecular weight is 340 g/mol. The van der Waals surface area contributed by atoms with Crippen LogP contribution in [0.4, 0.5) is 0 Å². The zero-order chi connectivity index (χ0) is 14.5. The predicted molar refractivity (Wildman–Crippen MR) is 74.9 cm³/mol. The maximum Gasteiger partial charge on any atom is 0.305 e. The number of rotatable bonds is 6. The molecule has 2 aromatic heterocycles. The molecule has 0 aliphatic carbocycles. The number of tetrazole rings is 1. The van der Waals surface area contributed by atoms with Crippen molar-refractivity contribution in [3.8, 4) is 11.4 Å². The summed E-state index contributed by atoms with van der Waals surface area (Å²) >= 11 is 3.35. The molecule has 0 saturated carbocycles. The highest BCUT2D eigenvalue weighted by Crippen LogP contribution is 2.25. The van der Waals surface area contributed by atoms with Gasteiger partial charge in [-0.15, -0.1) is 5.10 Å². The van der Waals surface area contributed by atoms with Gasteiger partial charge in [0, 0.05) is 22.4 Å². The van der Waals surface area contributed by atoms with Crippen molar-refractivity contribution in [2.75, 3.05) is 0 Å². The third-order valence-electron chi connectivity index (χ3n) is 2.83. The summed E-state index contributed by atoms with van der Waals surface area (Å²) in [5, 5.41) is 20.6. The first-order valence-electron chi connectivity index (χ1n) is 6.22. The summed E-state index contributed by atoms with van der Waals surface area (Å²) in [5.41, 5.74) is 0.746. The van der Waals surface area contributed by atoms with Crippen LogP contribution >= 0.6 is 15.9 Å². The van der Waals surface area contributed by atoms with Gasteiger partial charge in [0.05, 0.1) is 12.5 Å². The van der Waals surface area contributed by atoms with Crippen LogP contribution in [0.15, 0.2) is 22.9 Å². The van der Waals surface area contributed by atoms with Crippen LogP contribution < -0.4 is 0 Å². The Kier molecular flexibility index (Phi) is 4.78. The van der Waals surface area contributed by atoms with Crippen molar-refractivity contribution in [3.05, 3.63) is 22.9 Å². The van der Waals surface area contributed by atoms with Gasteiger partial charge in [-0.2, -0.15) is 0 Å². The average Bonchev–Trinajstić information content (AvgIpc) is 2.86. The molecule has 1 unspecified atom stereocenters. The molecule has 20 heavy (non-hydrogen) atoms. The van der Waals surface area contributed by atoms with Gasteiger partial charge in [0.15, 0.2) is 5.82 Å². The molecule has 0 fully saturated rings. The number of carboxylic acid groups (broad SMARTS) is 1. The largest absolute Gasteiger partial charge is 0.481 e. The maximum absolute atomic E-state index is 11.0. The highest BCUT2D eigenvalue weighted by atomic mass is 79.9. The molecular weight excluding hydrogens is 326 g/mol. The lowest BCUT2D eigenvalue weighted by molar-refractivity contribution is -0.138. The van der Waals surface area contributed by atoms with Crippen molar-refractivity contribution in [2.45, 2.75) is 32.2 Å². The summed E-state index contributed by atoms with van der Waals surface area (Å²) in [7, 11) is 0. The highest BCUT2D eigenvalue weighted by Gasteiger charge is 2.20. The molecule has 2 rings (SSSR count). The summed E-state index contributed by atoms with van der Waals surface area (Å²) < 4.78 is 2.39. The Balaban J connectivity index is 2.37. The minimum Gasteiger partial charge on any atom is -0.481 e. The van der Waals surface area contributed by atoms with Crippen molar-refractivity contribution in [1.29, 1.82) is 0 Å². The second-order valence-corrected chi connectivity index (χ2v) is 5.29. The van der Waals surface area contributed by atoms with E-state index in [4.69, 9.17) is 5.11 Å². The molecule has 0 aliphatic rings. The predicted octanol–water partition coefficient (Wildman–Crippen LogP) is 2.31. The molecule has 1 N–H and O–H groups in total. The van der Waals surface area contributed by atoms with Crippen LogP contribution in [0.2, 0.25) is 0 Å². The van der Waals surface area contributed by atoms with Gasteiger partial charge in [0.2, 0.25) is 0 Å². The lowest BCUT2D eigenvalue weighted by Gasteiger charge is -2.15. The van der Waals surface area contributed by atoms with Crippen LogP contribution in [0, 0.1) is 0 Å². The lowest BCUT2D eigenvalue weighted by Crippen LogP contribution is -2.16. The van der Waals surface area contributed by atoms with E-state index in [-0.39, 0.29) is 12.5 Å². The van der Waals surface area contributed by atoms with Gasteiger partial charge in [-0.05, 0) is 38.8 Å². The number of aliphatic carboxylic acids is 1. The summed E-state index contributed by atoms with van der Waals surface area (Å²) in [5.74, 6) is -0.337. The van der Waals surface area contributed by atoms with Gasteiger partial charge in [0.1, 0.15) is 0 Å². The van der Waals surface area contributed by atoms with Gasteiger partial charge < -0.3 is 5.11 Å². The number of hydrogen-bond donors (Lipinski definition) is 1. The van der Waals surface area contributed by atoms with E-state index in [1.165, 1.54) is 0 Å². The van der Waals surface area contributed by atoms with Crippen LogP contribution in [0.3, 0.4) is 0 Å². The van der Waals surface area contributed by atoms with E-state index in [0.29, 0.717) is 12.2 Å². The Labute approximate surface area is 124 Å². The van der Waals surface area contributed by atoms with Crippen molar-refractivity contribution in [1.82, 2.24) is 25.2 Å². The molecule has 2 heterocycles. The quantitative estimate of drug-likeness (QED) is 0.867. The van der Waals surface area contributed by atoms with Crippen molar-refractivity contribution in [3.63, 3.8) is 0 Å². The first-order chi connectivity index (χ1) is 9.61. The Morgan fingerprint density at radius 1 is 1.50 bits per heavy atom. The molecule has 0 radical (unpaired) electrons. The fourth-order valence-corrected chi connectivity index (χ4v) is 2.37. The molecule has 7 nitrogen and oxygen atoms in total. The Hall–Kier alpha value is -1.83. The SMILES string of the molecule is CCCC(CC(=O)O)n1nnnc1-c1cncc(Br)c1. The topological polar surface area (TPSA) is 93.8 Å². The highest BCUT2D eigenvalue weighted by molar-refractivity contribution is 9.10. The minimum atomic E-state index is -0.864. The van der Waals surface area contributed by atoms with Crippen molar-refractivity contribution in [2.24, 2.45) is 0 Å². The van der Waals surface area contributed by atoms with Crippen molar-refractivity contribution < 1.29 is 9.90 Å². The molecule has 0 bridgehead atoms. The summed E-state index contributed by atoms with van der Waals surface area (Å²) in [6.45, 7) is 2.00. The molecular formula is C12H14BrN5O2. The van der Waals surface area contributed by atoms with E-state index in [2.05, 4.69) is 36.4 Å². The van der Waals surface area contributed by atoms with E-state index < -0.39 is 5.97 Å². The van der Waals surface area contributed by atoms with Crippen LogP contribution in [0.1, 0.15) is 32.2 Å². The molecule has 2 aromatic rings. The van der Waals surface area contributed by atoms with Gasteiger partial charge >= 0.3 is 5.97 Å². The summed E-state index contributed by atoms with van der Waals surface area (Å²) in [6, 6.07) is 1.58. The van der Waals surface area contributed by atoms with Crippen molar-refractivity contribution >= 4 is 21.9 Å². The Morgan fingerprint density at radius 3 is 2.95 bits per heavy atom.